The van der Waals surface area contributed by atoms with Crippen LogP contribution < -0.4 is 5.63 Å². The van der Waals surface area contributed by atoms with E-state index in [1.54, 1.807) is 12.1 Å². The molecule has 0 fully saturated rings. The minimum absolute atomic E-state index is 0.291. The molecule has 60 valence electrons. The Bertz CT molecular complexity index is 397. The van der Waals surface area contributed by atoms with Crippen molar-refractivity contribution in [1.29, 1.82) is 0 Å². The van der Waals surface area contributed by atoms with E-state index in [1.807, 2.05) is 18.2 Å². The molecule has 0 N–H and O–H groups in total. The Hall–Kier alpha value is -1.57. The van der Waals surface area contributed by atoms with Gasteiger partial charge in [0.2, 0.25) is 0 Å². The molecular weight excluding hydrogens is 152 g/mol. The van der Waals surface area contributed by atoms with Gasteiger partial charge >= 0.3 is 5.63 Å². The van der Waals surface area contributed by atoms with Crippen LogP contribution in [0.15, 0.2) is 39.6 Å². The lowest BCUT2D eigenvalue weighted by Gasteiger charge is -1.97. The van der Waals surface area contributed by atoms with Crippen molar-refractivity contribution >= 4 is 6.08 Å². The van der Waals surface area contributed by atoms with Gasteiger partial charge in [0.05, 0.1) is 0 Å². The van der Waals surface area contributed by atoms with Crippen molar-refractivity contribution in [2.75, 3.05) is 0 Å². The standard InChI is InChI=1S/C10H8O2/c11-10-7-6-8-4-2-1-3-5-9(8)12-10/h1-3,5-7H,4H2. The van der Waals surface area contributed by atoms with Gasteiger partial charge in [-0.2, -0.15) is 0 Å². The van der Waals surface area contributed by atoms with Crippen LogP contribution in [0.2, 0.25) is 0 Å². The minimum Gasteiger partial charge on any atom is -0.423 e. The second-order valence-electron chi connectivity index (χ2n) is 2.64. The molecule has 0 atom stereocenters. The van der Waals surface area contributed by atoms with Crippen molar-refractivity contribution in [3.05, 3.63) is 52.1 Å². The van der Waals surface area contributed by atoms with Crippen LogP contribution in [0.3, 0.4) is 0 Å². The van der Waals surface area contributed by atoms with Gasteiger partial charge in [-0.25, -0.2) is 4.79 Å². The Kier molecular flexibility index (Phi) is 1.67. The summed E-state index contributed by atoms with van der Waals surface area (Å²) in [6.45, 7) is 0. The van der Waals surface area contributed by atoms with Crippen LogP contribution in [-0.4, -0.2) is 0 Å². The smallest absolute Gasteiger partial charge is 0.336 e. The average molecular weight is 160 g/mol. The molecule has 1 aliphatic carbocycles. The molecule has 0 amide bonds. The lowest BCUT2D eigenvalue weighted by molar-refractivity contribution is 0.496. The minimum atomic E-state index is -0.291. The van der Waals surface area contributed by atoms with Gasteiger partial charge < -0.3 is 4.42 Å². The summed E-state index contributed by atoms with van der Waals surface area (Å²) in [6, 6.07) is 3.26. The van der Waals surface area contributed by atoms with Gasteiger partial charge in [0.15, 0.2) is 0 Å². The zero-order chi connectivity index (χ0) is 8.39. The van der Waals surface area contributed by atoms with Gasteiger partial charge in [0.25, 0.3) is 0 Å². The molecule has 0 aromatic carbocycles. The maximum Gasteiger partial charge on any atom is 0.336 e. The van der Waals surface area contributed by atoms with Crippen molar-refractivity contribution in [2.24, 2.45) is 0 Å². The SMILES string of the molecule is O=c1ccc2c(o1)C=CC=CC2. The van der Waals surface area contributed by atoms with E-state index >= 15 is 0 Å². The molecule has 2 heteroatoms. The van der Waals surface area contributed by atoms with E-state index in [1.165, 1.54) is 6.07 Å². The van der Waals surface area contributed by atoms with Gasteiger partial charge in [0.1, 0.15) is 5.76 Å². The van der Waals surface area contributed by atoms with Crippen LogP contribution in [0.25, 0.3) is 6.08 Å². The normalized spacial score (nSPS) is 14.0. The van der Waals surface area contributed by atoms with Crippen LogP contribution in [0.5, 0.6) is 0 Å². The molecule has 1 heterocycles. The summed E-state index contributed by atoms with van der Waals surface area (Å²) in [7, 11) is 0. The topological polar surface area (TPSA) is 30.2 Å². The maximum absolute atomic E-state index is 10.8. The summed E-state index contributed by atoms with van der Waals surface area (Å²) < 4.78 is 5.00. The first-order valence-corrected chi connectivity index (χ1v) is 3.82. The molecule has 0 unspecified atom stereocenters. The Morgan fingerprint density at radius 3 is 3.08 bits per heavy atom. The first-order valence-electron chi connectivity index (χ1n) is 3.82. The van der Waals surface area contributed by atoms with E-state index in [0.717, 1.165) is 12.0 Å². The van der Waals surface area contributed by atoms with Crippen molar-refractivity contribution in [2.45, 2.75) is 6.42 Å². The number of rotatable bonds is 0. The van der Waals surface area contributed by atoms with Gasteiger partial charge in [-0.1, -0.05) is 18.2 Å². The van der Waals surface area contributed by atoms with E-state index in [9.17, 15) is 4.79 Å². The predicted molar refractivity (Wildman–Crippen MR) is 46.9 cm³/mol. The molecule has 1 aromatic rings. The second-order valence-corrected chi connectivity index (χ2v) is 2.64. The van der Waals surface area contributed by atoms with E-state index < -0.39 is 0 Å². The molecule has 1 aromatic heterocycles. The zero-order valence-corrected chi connectivity index (χ0v) is 6.49. The summed E-state index contributed by atoms with van der Waals surface area (Å²) in [4.78, 5) is 10.8. The summed E-state index contributed by atoms with van der Waals surface area (Å²) >= 11 is 0. The fraction of sp³-hybridized carbons (Fsp3) is 0.100. The van der Waals surface area contributed by atoms with Gasteiger partial charge in [-0.3, -0.25) is 0 Å². The molecule has 12 heavy (non-hydrogen) atoms. The molecule has 0 saturated carbocycles. The van der Waals surface area contributed by atoms with Gasteiger partial charge in [0, 0.05) is 6.07 Å². The Labute approximate surface area is 69.8 Å². The molecule has 0 spiro atoms. The molecule has 0 radical (unpaired) electrons. The fourth-order valence-electron chi connectivity index (χ4n) is 1.18. The van der Waals surface area contributed by atoms with Crippen LogP contribution in [0.4, 0.5) is 0 Å². The van der Waals surface area contributed by atoms with Crippen LogP contribution in [0, 0.1) is 0 Å². The monoisotopic (exact) mass is 160 g/mol. The summed E-state index contributed by atoms with van der Waals surface area (Å²) in [5.41, 5.74) is 0.764. The molecule has 0 saturated heterocycles. The third kappa shape index (κ3) is 1.23. The lowest BCUT2D eigenvalue weighted by Crippen LogP contribution is -1.99. The predicted octanol–water partition coefficient (Wildman–Crippen LogP) is 1.77. The number of hydrogen-bond acceptors (Lipinski definition) is 2. The zero-order valence-electron chi connectivity index (χ0n) is 6.49. The van der Waals surface area contributed by atoms with Crippen LogP contribution >= 0.6 is 0 Å². The third-order valence-electron chi connectivity index (χ3n) is 1.78. The van der Waals surface area contributed by atoms with Crippen molar-refractivity contribution in [3.63, 3.8) is 0 Å². The largest absolute Gasteiger partial charge is 0.423 e. The van der Waals surface area contributed by atoms with E-state index in [0.29, 0.717) is 5.76 Å². The van der Waals surface area contributed by atoms with E-state index in [-0.39, 0.29) is 5.63 Å². The number of allylic oxidation sites excluding steroid dienone is 3. The maximum atomic E-state index is 10.8. The van der Waals surface area contributed by atoms with Crippen molar-refractivity contribution in [3.8, 4) is 0 Å². The molecule has 0 bridgehead atoms. The quantitative estimate of drug-likeness (QED) is 0.579. The van der Waals surface area contributed by atoms with Crippen molar-refractivity contribution in [1.82, 2.24) is 0 Å². The average Bonchev–Trinajstić information content (AvgIpc) is 2.28. The highest BCUT2D eigenvalue weighted by atomic mass is 16.4. The molecular formula is C10H8O2. The Morgan fingerprint density at radius 2 is 2.17 bits per heavy atom. The first-order chi connectivity index (χ1) is 5.86. The van der Waals surface area contributed by atoms with E-state index in [4.69, 9.17) is 4.42 Å². The second kappa shape index (κ2) is 2.81. The molecule has 2 nitrogen and oxygen atoms in total. The Balaban J connectivity index is 2.60. The summed E-state index contributed by atoms with van der Waals surface area (Å²) in [5.74, 6) is 0.674. The third-order valence-corrected chi connectivity index (χ3v) is 1.78. The summed E-state index contributed by atoms with van der Waals surface area (Å²) in [6.07, 6.45) is 8.48. The van der Waals surface area contributed by atoms with Crippen LogP contribution in [0.1, 0.15) is 11.3 Å². The number of hydrogen-bond donors (Lipinski definition) is 0. The highest BCUT2D eigenvalue weighted by Gasteiger charge is 2.02. The van der Waals surface area contributed by atoms with Crippen molar-refractivity contribution < 1.29 is 4.42 Å². The van der Waals surface area contributed by atoms with Gasteiger partial charge in [-0.15, -0.1) is 0 Å². The van der Waals surface area contributed by atoms with Gasteiger partial charge in [-0.05, 0) is 24.1 Å². The first kappa shape index (κ1) is 7.10. The van der Waals surface area contributed by atoms with Crippen LogP contribution in [-0.2, 0) is 6.42 Å². The van der Waals surface area contributed by atoms with E-state index in [2.05, 4.69) is 0 Å². The molecule has 2 rings (SSSR count). The Morgan fingerprint density at radius 1 is 1.25 bits per heavy atom. The molecule has 0 aliphatic heterocycles. The fourth-order valence-corrected chi connectivity index (χ4v) is 1.18. The summed E-state index contributed by atoms with van der Waals surface area (Å²) in [5, 5.41) is 0. The molecule has 1 aliphatic rings. The number of fused-ring (bicyclic) bond motifs is 1. The lowest BCUT2D eigenvalue weighted by atomic mass is 10.1. The highest BCUT2D eigenvalue weighted by Crippen LogP contribution is 2.12. The highest BCUT2D eigenvalue weighted by molar-refractivity contribution is 5.51.